The van der Waals surface area contributed by atoms with Crippen LogP contribution in [0.4, 0.5) is 5.69 Å². The Morgan fingerprint density at radius 1 is 0.970 bits per heavy atom. The molecule has 10 nitrogen and oxygen atoms in total. The first-order valence-electron chi connectivity index (χ1n) is 11.4. The topological polar surface area (TPSA) is 105 Å². The third kappa shape index (κ3) is 5.05. The van der Waals surface area contributed by atoms with E-state index in [2.05, 4.69) is 10.00 Å². The molecule has 4 rings (SSSR count). The van der Waals surface area contributed by atoms with E-state index in [9.17, 15) is 19.7 Å². The molecule has 33 heavy (non-hydrogen) atoms. The monoisotopic (exact) mass is 454 g/mol. The maximum absolute atomic E-state index is 12.9. The average molecular weight is 455 g/mol. The van der Waals surface area contributed by atoms with Crippen LogP contribution in [0.1, 0.15) is 40.2 Å². The van der Waals surface area contributed by atoms with Crippen molar-refractivity contribution in [1.82, 2.24) is 24.5 Å². The molecule has 0 atom stereocenters. The van der Waals surface area contributed by atoms with Crippen LogP contribution in [0.3, 0.4) is 0 Å². The molecule has 2 amide bonds. The molecule has 2 fully saturated rings. The lowest BCUT2D eigenvalue weighted by Gasteiger charge is -2.35. The highest BCUT2D eigenvalue weighted by molar-refractivity contribution is 5.94. The maximum atomic E-state index is 12.9. The van der Waals surface area contributed by atoms with E-state index in [0.717, 1.165) is 31.5 Å². The van der Waals surface area contributed by atoms with Gasteiger partial charge in [-0.15, -0.1) is 0 Å². The van der Waals surface area contributed by atoms with E-state index >= 15 is 0 Å². The Hall–Kier alpha value is -3.27. The van der Waals surface area contributed by atoms with Crippen molar-refractivity contribution in [2.75, 3.05) is 45.8 Å². The number of rotatable bonds is 6. The molecule has 2 aliphatic heterocycles. The van der Waals surface area contributed by atoms with Gasteiger partial charge in [-0.2, -0.15) is 5.10 Å². The lowest BCUT2D eigenvalue weighted by molar-refractivity contribution is -0.386. The molecular formula is C23H30N6O4. The first-order chi connectivity index (χ1) is 15.8. The van der Waals surface area contributed by atoms with Crippen molar-refractivity contribution in [3.8, 4) is 0 Å². The molecule has 10 heteroatoms. The van der Waals surface area contributed by atoms with Crippen LogP contribution >= 0.6 is 0 Å². The maximum Gasteiger partial charge on any atom is 0.312 e. The number of benzene rings is 1. The van der Waals surface area contributed by atoms with Crippen LogP contribution in [0, 0.1) is 24.0 Å². The van der Waals surface area contributed by atoms with E-state index in [-0.39, 0.29) is 17.5 Å². The van der Waals surface area contributed by atoms with Crippen LogP contribution in [0.25, 0.3) is 0 Å². The summed E-state index contributed by atoms with van der Waals surface area (Å²) in [6.45, 7) is 8.47. The number of nitro groups is 1. The zero-order valence-corrected chi connectivity index (χ0v) is 19.2. The van der Waals surface area contributed by atoms with Gasteiger partial charge in [0, 0.05) is 44.8 Å². The van der Waals surface area contributed by atoms with Gasteiger partial charge in [0.2, 0.25) is 5.91 Å². The molecule has 2 aliphatic rings. The van der Waals surface area contributed by atoms with Crippen molar-refractivity contribution in [2.24, 2.45) is 0 Å². The number of aromatic nitrogens is 2. The Morgan fingerprint density at radius 3 is 2.18 bits per heavy atom. The standard InChI is InChI=1S/C23H30N6O4/c1-17-22(29(32)33)18(2)28(24-17)15-19-5-7-20(8-6-19)23(31)27-13-11-25(12-14-27)16-21(30)26-9-3-4-10-26/h5-8H,3-4,9-16H2,1-2H3. The molecule has 0 N–H and O–H groups in total. The van der Waals surface area contributed by atoms with Crippen LogP contribution in [-0.4, -0.2) is 87.0 Å². The fourth-order valence-electron chi connectivity index (χ4n) is 4.58. The Balaban J connectivity index is 1.31. The lowest BCUT2D eigenvalue weighted by Crippen LogP contribution is -2.51. The number of amides is 2. The van der Waals surface area contributed by atoms with E-state index in [1.54, 1.807) is 30.7 Å². The summed E-state index contributed by atoms with van der Waals surface area (Å²) in [6.07, 6.45) is 2.18. The van der Waals surface area contributed by atoms with E-state index in [1.165, 1.54) is 0 Å². The van der Waals surface area contributed by atoms with Gasteiger partial charge in [0.1, 0.15) is 11.4 Å². The number of aryl methyl sites for hydroxylation is 1. The van der Waals surface area contributed by atoms with Gasteiger partial charge in [-0.3, -0.25) is 29.3 Å². The van der Waals surface area contributed by atoms with Crippen LogP contribution in [-0.2, 0) is 11.3 Å². The van der Waals surface area contributed by atoms with Gasteiger partial charge in [-0.25, -0.2) is 0 Å². The number of piperazine rings is 1. The van der Waals surface area contributed by atoms with E-state index in [1.807, 2.05) is 21.9 Å². The number of likely N-dealkylation sites (tertiary alicyclic amines) is 1. The highest BCUT2D eigenvalue weighted by atomic mass is 16.6. The van der Waals surface area contributed by atoms with Crippen molar-refractivity contribution >= 4 is 17.5 Å². The fourth-order valence-corrected chi connectivity index (χ4v) is 4.58. The molecule has 0 radical (unpaired) electrons. The van der Waals surface area contributed by atoms with Crippen LogP contribution < -0.4 is 0 Å². The third-order valence-electron chi connectivity index (χ3n) is 6.54. The SMILES string of the molecule is Cc1nn(Cc2ccc(C(=O)N3CCN(CC(=O)N4CCCC4)CC3)cc2)c(C)c1[N+](=O)[O-]. The number of nitrogens with zero attached hydrogens (tertiary/aromatic N) is 6. The molecule has 2 aromatic rings. The first-order valence-corrected chi connectivity index (χ1v) is 11.4. The van der Waals surface area contributed by atoms with Crippen molar-refractivity contribution in [3.05, 3.63) is 56.9 Å². The highest BCUT2D eigenvalue weighted by Gasteiger charge is 2.26. The summed E-state index contributed by atoms with van der Waals surface area (Å²) < 4.78 is 1.62. The number of hydrogen-bond acceptors (Lipinski definition) is 6. The molecule has 0 saturated carbocycles. The highest BCUT2D eigenvalue weighted by Crippen LogP contribution is 2.22. The summed E-state index contributed by atoms with van der Waals surface area (Å²) in [6, 6.07) is 7.31. The summed E-state index contributed by atoms with van der Waals surface area (Å²) in [5, 5.41) is 15.5. The molecule has 176 valence electrons. The van der Waals surface area contributed by atoms with Gasteiger partial charge in [0.15, 0.2) is 0 Å². The minimum Gasteiger partial charge on any atom is -0.342 e. The van der Waals surface area contributed by atoms with Crippen molar-refractivity contribution < 1.29 is 14.5 Å². The largest absolute Gasteiger partial charge is 0.342 e. The number of carbonyl (C=O) groups is 2. The molecule has 0 bridgehead atoms. The third-order valence-corrected chi connectivity index (χ3v) is 6.54. The average Bonchev–Trinajstić information content (AvgIpc) is 3.43. The zero-order valence-electron chi connectivity index (χ0n) is 19.2. The quantitative estimate of drug-likeness (QED) is 0.487. The minimum atomic E-state index is -0.405. The zero-order chi connectivity index (χ0) is 23.5. The summed E-state index contributed by atoms with van der Waals surface area (Å²) >= 11 is 0. The molecule has 1 aromatic carbocycles. The Morgan fingerprint density at radius 2 is 1.61 bits per heavy atom. The molecule has 0 aliphatic carbocycles. The van der Waals surface area contributed by atoms with Crippen molar-refractivity contribution in [3.63, 3.8) is 0 Å². The Labute approximate surface area is 192 Å². The van der Waals surface area contributed by atoms with Gasteiger partial charge in [0.05, 0.1) is 18.0 Å². The predicted molar refractivity (Wildman–Crippen MR) is 122 cm³/mol. The molecule has 1 aromatic heterocycles. The summed E-state index contributed by atoms with van der Waals surface area (Å²) in [7, 11) is 0. The van der Waals surface area contributed by atoms with Crippen LogP contribution in [0.15, 0.2) is 24.3 Å². The minimum absolute atomic E-state index is 0.0196. The number of carbonyl (C=O) groups excluding carboxylic acids is 2. The normalized spacial score (nSPS) is 16.9. The number of hydrogen-bond donors (Lipinski definition) is 0. The van der Waals surface area contributed by atoms with E-state index < -0.39 is 4.92 Å². The lowest BCUT2D eigenvalue weighted by atomic mass is 10.1. The second-order valence-electron chi connectivity index (χ2n) is 8.79. The van der Waals surface area contributed by atoms with Gasteiger partial charge in [-0.05, 0) is 44.4 Å². The smallest absolute Gasteiger partial charge is 0.312 e. The summed E-state index contributed by atoms with van der Waals surface area (Å²) in [5.41, 5.74) is 2.48. The Bertz CT molecular complexity index is 1030. The van der Waals surface area contributed by atoms with E-state index in [0.29, 0.717) is 56.2 Å². The summed E-state index contributed by atoms with van der Waals surface area (Å²) in [4.78, 5) is 42.0. The Kier molecular flexibility index (Phi) is 6.73. The van der Waals surface area contributed by atoms with Gasteiger partial charge in [-0.1, -0.05) is 12.1 Å². The van der Waals surface area contributed by atoms with Crippen LogP contribution in [0.2, 0.25) is 0 Å². The van der Waals surface area contributed by atoms with E-state index in [4.69, 9.17) is 0 Å². The molecule has 2 saturated heterocycles. The second-order valence-corrected chi connectivity index (χ2v) is 8.79. The van der Waals surface area contributed by atoms with Crippen molar-refractivity contribution in [1.29, 1.82) is 0 Å². The molecular weight excluding hydrogens is 424 g/mol. The van der Waals surface area contributed by atoms with Gasteiger partial charge in [0.25, 0.3) is 5.91 Å². The summed E-state index contributed by atoms with van der Waals surface area (Å²) in [5.74, 6) is 0.171. The molecule has 3 heterocycles. The van der Waals surface area contributed by atoms with Gasteiger partial charge < -0.3 is 9.80 Å². The van der Waals surface area contributed by atoms with Crippen LogP contribution in [0.5, 0.6) is 0 Å². The first kappa shape index (κ1) is 22.9. The molecule has 0 unspecified atom stereocenters. The predicted octanol–water partition coefficient (Wildman–Crippen LogP) is 1.84. The van der Waals surface area contributed by atoms with Crippen molar-refractivity contribution in [2.45, 2.75) is 33.2 Å². The molecule has 0 spiro atoms. The fraction of sp³-hybridized carbons (Fsp3) is 0.522. The second kappa shape index (κ2) is 9.70. The van der Waals surface area contributed by atoms with Gasteiger partial charge >= 0.3 is 5.69 Å².